The molecule has 1 aromatic carbocycles. The molecule has 3 N–H and O–H groups in total. The summed E-state index contributed by atoms with van der Waals surface area (Å²) in [5.41, 5.74) is 6.45. The zero-order valence-electron chi connectivity index (χ0n) is 8.40. The predicted octanol–water partition coefficient (Wildman–Crippen LogP) is 2.40. The second-order valence-electron chi connectivity index (χ2n) is 3.11. The molecule has 0 fully saturated rings. The zero-order valence-corrected chi connectivity index (χ0v) is 9.98. The van der Waals surface area contributed by atoms with Crippen molar-refractivity contribution in [3.8, 4) is 22.8 Å². The van der Waals surface area contributed by atoms with E-state index in [2.05, 4.69) is 21.1 Å². The number of methoxy groups -OCH3 is 1. The van der Waals surface area contributed by atoms with Crippen molar-refractivity contribution >= 4 is 21.6 Å². The number of ether oxygens (including phenoxy) is 1. The lowest BCUT2D eigenvalue weighted by Gasteiger charge is -2.08. The molecule has 0 atom stereocenters. The first kappa shape index (κ1) is 10.8. The molecule has 0 aliphatic carbocycles. The van der Waals surface area contributed by atoms with Gasteiger partial charge in [0.25, 0.3) is 0 Å². The van der Waals surface area contributed by atoms with Gasteiger partial charge in [0.05, 0.1) is 18.9 Å². The number of aromatic nitrogens is 1. The summed E-state index contributed by atoms with van der Waals surface area (Å²) in [6, 6.07) is 3.32. The van der Waals surface area contributed by atoms with Crippen LogP contribution in [0.4, 0.5) is 5.69 Å². The summed E-state index contributed by atoms with van der Waals surface area (Å²) in [6.45, 7) is 0. The maximum Gasteiger partial charge on any atom is 0.193 e. The van der Waals surface area contributed by atoms with Gasteiger partial charge in [-0.05, 0) is 12.1 Å². The van der Waals surface area contributed by atoms with Crippen molar-refractivity contribution < 1.29 is 14.4 Å². The van der Waals surface area contributed by atoms with Crippen LogP contribution in [-0.4, -0.2) is 17.4 Å². The maximum absolute atomic E-state index is 9.92. The Bertz CT molecular complexity index is 525. The number of benzene rings is 1. The number of nitrogens with two attached hydrogens (primary N) is 1. The van der Waals surface area contributed by atoms with Crippen molar-refractivity contribution in [3.63, 3.8) is 0 Å². The number of nitrogen functional groups attached to an aromatic ring is 1. The minimum Gasteiger partial charge on any atom is -0.504 e. The van der Waals surface area contributed by atoms with E-state index in [1.165, 1.54) is 13.3 Å². The molecule has 84 valence electrons. The molecular formula is C10H9BrN2O3. The SMILES string of the molecule is COc1cc(Br)cc(-c2oncc2N)c1O. The van der Waals surface area contributed by atoms with E-state index in [-0.39, 0.29) is 5.75 Å². The zero-order chi connectivity index (χ0) is 11.7. The number of rotatable bonds is 2. The average Bonchev–Trinajstić information content (AvgIpc) is 2.67. The van der Waals surface area contributed by atoms with Crippen molar-refractivity contribution in [3.05, 3.63) is 22.8 Å². The molecule has 1 heterocycles. The van der Waals surface area contributed by atoms with Gasteiger partial charge in [0.1, 0.15) is 5.69 Å². The van der Waals surface area contributed by atoms with Crippen LogP contribution in [-0.2, 0) is 0 Å². The van der Waals surface area contributed by atoms with Crippen molar-refractivity contribution in [2.24, 2.45) is 0 Å². The Hall–Kier alpha value is -1.69. The molecule has 0 spiro atoms. The predicted molar refractivity (Wildman–Crippen MR) is 62.3 cm³/mol. The Kier molecular flexibility index (Phi) is 2.74. The lowest BCUT2D eigenvalue weighted by molar-refractivity contribution is 0.371. The monoisotopic (exact) mass is 284 g/mol. The quantitative estimate of drug-likeness (QED) is 0.885. The van der Waals surface area contributed by atoms with Crippen LogP contribution in [0.15, 0.2) is 27.3 Å². The molecule has 0 saturated carbocycles. The van der Waals surface area contributed by atoms with Gasteiger partial charge in [-0.15, -0.1) is 0 Å². The van der Waals surface area contributed by atoms with Crippen molar-refractivity contribution in [1.82, 2.24) is 5.16 Å². The summed E-state index contributed by atoms with van der Waals surface area (Å²) in [6.07, 6.45) is 1.38. The molecule has 5 nitrogen and oxygen atoms in total. The van der Waals surface area contributed by atoms with Crippen molar-refractivity contribution in [2.75, 3.05) is 12.8 Å². The lowest BCUT2D eigenvalue weighted by Crippen LogP contribution is -1.89. The number of nitrogens with zero attached hydrogens (tertiary/aromatic N) is 1. The second kappa shape index (κ2) is 4.05. The molecule has 0 amide bonds. The minimum absolute atomic E-state index is 0.0332. The van der Waals surface area contributed by atoms with Crippen LogP contribution < -0.4 is 10.5 Å². The van der Waals surface area contributed by atoms with Crippen LogP contribution in [0, 0.1) is 0 Å². The van der Waals surface area contributed by atoms with E-state index in [1.54, 1.807) is 12.1 Å². The highest BCUT2D eigenvalue weighted by atomic mass is 79.9. The first-order chi connectivity index (χ1) is 7.63. The Balaban J connectivity index is 2.65. The number of phenols is 1. The second-order valence-corrected chi connectivity index (χ2v) is 4.03. The van der Waals surface area contributed by atoms with Gasteiger partial charge in [0, 0.05) is 4.47 Å². The van der Waals surface area contributed by atoms with E-state index < -0.39 is 0 Å². The summed E-state index contributed by atoms with van der Waals surface area (Å²) in [4.78, 5) is 0. The molecule has 0 aliphatic heterocycles. The van der Waals surface area contributed by atoms with E-state index in [9.17, 15) is 5.11 Å². The number of phenolic OH excluding ortho intramolecular Hbond substituents is 1. The molecule has 0 radical (unpaired) electrons. The van der Waals surface area contributed by atoms with Gasteiger partial charge in [-0.2, -0.15) is 0 Å². The molecule has 0 saturated heterocycles. The van der Waals surface area contributed by atoms with Crippen LogP contribution in [0.2, 0.25) is 0 Å². The average molecular weight is 285 g/mol. The fraction of sp³-hybridized carbons (Fsp3) is 0.100. The van der Waals surface area contributed by atoms with Crippen molar-refractivity contribution in [2.45, 2.75) is 0 Å². The topological polar surface area (TPSA) is 81.5 Å². The van der Waals surface area contributed by atoms with E-state index in [0.717, 1.165) is 4.47 Å². The Morgan fingerprint density at radius 1 is 1.50 bits per heavy atom. The molecule has 0 unspecified atom stereocenters. The Morgan fingerprint density at radius 3 is 2.81 bits per heavy atom. The van der Waals surface area contributed by atoms with Crippen LogP contribution in [0.1, 0.15) is 0 Å². The third-order valence-corrected chi connectivity index (χ3v) is 2.56. The summed E-state index contributed by atoms with van der Waals surface area (Å²) >= 11 is 3.30. The maximum atomic E-state index is 9.92. The Labute approximate surface area is 99.9 Å². The van der Waals surface area contributed by atoms with E-state index in [1.807, 2.05) is 0 Å². The fourth-order valence-corrected chi connectivity index (χ4v) is 1.79. The molecular weight excluding hydrogens is 276 g/mol. The summed E-state index contributed by atoms with van der Waals surface area (Å²) in [7, 11) is 1.47. The molecule has 2 rings (SSSR count). The molecule has 6 heteroatoms. The molecule has 0 bridgehead atoms. The summed E-state index contributed by atoms with van der Waals surface area (Å²) < 4.78 is 10.7. The standard InChI is InChI=1S/C10H9BrN2O3/c1-15-8-3-5(11)2-6(9(8)14)10-7(12)4-13-16-10/h2-4,14H,12H2,1H3. The van der Waals surface area contributed by atoms with Gasteiger partial charge in [-0.3, -0.25) is 0 Å². The van der Waals surface area contributed by atoms with Gasteiger partial charge in [-0.25, -0.2) is 0 Å². The van der Waals surface area contributed by atoms with Gasteiger partial charge in [-0.1, -0.05) is 21.1 Å². The van der Waals surface area contributed by atoms with Crippen LogP contribution >= 0.6 is 15.9 Å². The number of aromatic hydroxyl groups is 1. The number of hydrogen-bond donors (Lipinski definition) is 2. The van der Waals surface area contributed by atoms with E-state index in [4.69, 9.17) is 15.0 Å². The normalized spacial score (nSPS) is 10.4. The van der Waals surface area contributed by atoms with Crippen LogP contribution in [0.5, 0.6) is 11.5 Å². The van der Waals surface area contributed by atoms with Gasteiger partial charge in [0.15, 0.2) is 17.3 Å². The lowest BCUT2D eigenvalue weighted by atomic mass is 10.1. The Morgan fingerprint density at radius 2 is 2.25 bits per heavy atom. The first-order valence-electron chi connectivity index (χ1n) is 4.40. The summed E-state index contributed by atoms with van der Waals surface area (Å²) in [5, 5.41) is 13.5. The van der Waals surface area contributed by atoms with Gasteiger partial charge < -0.3 is 20.1 Å². The number of hydrogen-bond acceptors (Lipinski definition) is 5. The third-order valence-electron chi connectivity index (χ3n) is 2.10. The summed E-state index contributed by atoms with van der Waals surface area (Å²) in [5.74, 6) is 0.617. The van der Waals surface area contributed by atoms with Gasteiger partial charge >= 0.3 is 0 Å². The van der Waals surface area contributed by atoms with E-state index >= 15 is 0 Å². The highest BCUT2D eigenvalue weighted by Crippen LogP contribution is 2.41. The molecule has 1 aromatic heterocycles. The molecule has 16 heavy (non-hydrogen) atoms. The highest BCUT2D eigenvalue weighted by Gasteiger charge is 2.17. The first-order valence-corrected chi connectivity index (χ1v) is 5.19. The third kappa shape index (κ3) is 1.71. The van der Waals surface area contributed by atoms with Crippen LogP contribution in [0.25, 0.3) is 11.3 Å². The minimum atomic E-state index is -0.0332. The van der Waals surface area contributed by atoms with Gasteiger partial charge in [0.2, 0.25) is 0 Å². The largest absolute Gasteiger partial charge is 0.504 e. The van der Waals surface area contributed by atoms with Crippen molar-refractivity contribution in [1.29, 1.82) is 0 Å². The smallest absolute Gasteiger partial charge is 0.193 e. The number of halogens is 1. The molecule has 0 aliphatic rings. The number of anilines is 1. The van der Waals surface area contributed by atoms with E-state index in [0.29, 0.717) is 22.8 Å². The molecule has 2 aromatic rings. The fourth-order valence-electron chi connectivity index (χ4n) is 1.35. The highest BCUT2D eigenvalue weighted by molar-refractivity contribution is 9.10. The van der Waals surface area contributed by atoms with Crippen LogP contribution in [0.3, 0.4) is 0 Å².